The van der Waals surface area contributed by atoms with E-state index in [1.807, 2.05) is 74.1 Å². The van der Waals surface area contributed by atoms with Crippen molar-refractivity contribution in [2.75, 3.05) is 7.05 Å². The second kappa shape index (κ2) is 8.39. The maximum Gasteiger partial charge on any atom is 0.235 e. The van der Waals surface area contributed by atoms with Gasteiger partial charge in [0.15, 0.2) is 11.0 Å². The number of hydrogen-bond acceptors (Lipinski definition) is 4. The van der Waals surface area contributed by atoms with E-state index in [4.69, 9.17) is 0 Å². The Morgan fingerprint density at radius 1 is 1.11 bits per heavy atom. The summed E-state index contributed by atoms with van der Waals surface area (Å²) in [4.78, 5) is 14.5. The van der Waals surface area contributed by atoms with Crippen LogP contribution in [-0.2, 0) is 18.4 Å². The van der Waals surface area contributed by atoms with Gasteiger partial charge in [-0.3, -0.25) is 4.79 Å². The van der Waals surface area contributed by atoms with Gasteiger partial charge in [0, 0.05) is 26.2 Å². The van der Waals surface area contributed by atoms with Crippen LogP contribution in [0.15, 0.2) is 59.8 Å². The first-order valence-electron chi connectivity index (χ1n) is 8.88. The molecule has 0 saturated heterocycles. The number of amides is 1. The molecule has 0 unspecified atom stereocenters. The van der Waals surface area contributed by atoms with E-state index in [0.29, 0.717) is 6.54 Å². The van der Waals surface area contributed by atoms with Crippen LogP contribution in [0, 0.1) is 6.92 Å². The second-order valence-corrected chi connectivity index (χ2v) is 7.93. The summed E-state index contributed by atoms with van der Waals surface area (Å²) in [6, 6.07) is 18.1. The maximum atomic E-state index is 12.7. The van der Waals surface area contributed by atoms with Crippen molar-refractivity contribution in [3.05, 3.63) is 65.7 Å². The Kier molecular flexibility index (Phi) is 5.96. The molecule has 0 N–H and O–H groups in total. The number of nitrogens with zero attached hydrogens (tertiary/aromatic N) is 4. The van der Waals surface area contributed by atoms with Crippen molar-refractivity contribution in [2.24, 2.45) is 7.05 Å². The van der Waals surface area contributed by atoms with Gasteiger partial charge >= 0.3 is 0 Å². The number of rotatable bonds is 6. The lowest BCUT2D eigenvalue weighted by Crippen LogP contribution is -2.32. The molecule has 0 spiro atoms. The van der Waals surface area contributed by atoms with Crippen molar-refractivity contribution in [3.63, 3.8) is 0 Å². The number of aromatic nitrogens is 3. The normalized spacial score (nSPS) is 12.0. The van der Waals surface area contributed by atoms with Crippen LogP contribution < -0.4 is 0 Å². The summed E-state index contributed by atoms with van der Waals surface area (Å²) in [6.07, 6.45) is 0. The van der Waals surface area contributed by atoms with E-state index < -0.39 is 0 Å². The summed E-state index contributed by atoms with van der Waals surface area (Å²) >= 11 is 1.44. The van der Waals surface area contributed by atoms with Crippen molar-refractivity contribution < 1.29 is 4.79 Å². The number of aryl methyl sites for hydroxylation is 1. The highest BCUT2D eigenvalue weighted by Crippen LogP contribution is 2.28. The highest BCUT2D eigenvalue weighted by atomic mass is 32.2. The monoisotopic (exact) mass is 380 g/mol. The number of hydrogen-bond donors (Lipinski definition) is 0. The molecule has 3 aromatic rings. The molecule has 0 radical (unpaired) electrons. The van der Waals surface area contributed by atoms with Crippen LogP contribution in [-0.4, -0.2) is 37.9 Å². The first-order valence-corrected chi connectivity index (χ1v) is 9.76. The van der Waals surface area contributed by atoms with Gasteiger partial charge in [0.25, 0.3) is 0 Å². The average molecular weight is 381 g/mol. The van der Waals surface area contributed by atoms with E-state index in [0.717, 1.165) is 27.7 Å². The molecule has 0 aliphatic heterocycles. The topological polar surface area (TPSA) is 51.0 Å². The summed E-state index contributed by atoms with van der Waals surface area (Å²) in [5.74, 6) is 0.886. The molecule has 1 aromatic heterocycles. The van der Waals surface area contributed by atoms with Crippen LogP contribution in [0.25, 0.3) is 11.4 Å². The van der Waals surface area contributed by atoms with Gasteiger partial charge in [0.1, 0.15) is 0 Å². The minimum Gasteiger partial charge on any atom is -0.340 e. The molecule has 0 aliphatic carbocycles. The minimum atomic E-state index is -0.244. The number of thioether (sulfide) groups is 1. The van der Waals surface area contributed by atoms with E-state index in [2.05, 4.69) is 23.2 Å². The molecule has 1 heterocycles. The molecule has 0 aliphatic rings. The molecule has 5 nitrogen and oxygen atoms in total. The lowest BCUT2D eigenvalue weighted by Gasteiger charge is -2.21. The van der Waals surface area contributed by atoms with Crippen LogP contribution in [0.2, 0.25) is 0 Å². The van der Waals surface area contributed by atoms with E-state index in [1.165, 1.54) is 11.8 Å². The lowest BCUT2D eigenvalue weighted by molar-refractivity contribution is -0.129. The number of benzene rings is 2. The van der Waals surface area contributed by atoms with Gasteiger partial charge in [-0.05, 0) is 25.0 Å². The third-order valence-corrected chi connectivity index (χ3v) is 5.61. The van der Waals surface area contributed by atoms with E-state index in [9.17, 15) is 4.79 Å². The number of carbonyl (C=O) groups excluding carboxylic acids is 1. The largest absolute Gasteiger partial charge is 0.340 e. The van der Waals surface area contributed by atoms with Crippen molar-refractivity contribution in [3.8, 4) is 11.4 Å². The third-order valence-electron chi connectivity index (χ3n) is 4.49. The molecule has 0 fully saturated rings. The zero-order valence-corrected chi connectivity index (χ0v) is 16.9. The Morgan fingerprint density at radius 3 is 2.48 bits per heavy atom. The fourth-order valence-corrected chi connectivity index (χ4v) is 3.86. The Balaban J connectivity index is 1.70. The van der Waals surface area contributed by atoms with Crippen LogP contribution in [0.5, 0.6) is 0 Å². The lowest BCUT2D eigenvalue weighted by atomic mass is 10.1. The molecule has 1 amide bonds. The predicted octanol–water partition coefficient (Wildman–Crippen LogP) is 3.93. The molecule has 0 bridgehead atoms. The van der Waals surface area contributed by atoms with E-state index >= 15 is 0 Å². The summed E-state index contributed by atoms with van der Waals surface area (Å²) in [6.45, 7) is 4.57. The van der Waals surface area contributed by atoms with Gasteiger partial charge in [0.05, 0.1) is 5.25 Å². The SMILES string of the molecule is Cc1ccccc1-c1nnc(S[C@@H](C)C(=O)N(C)Cc2ccccc2)n1C. The zero-order valence-electron chi connectivity index (χ0n) is 16.1. The highest BCUT2D eigenvalue weighted by Gasteiger charge is 2.22. The van der Waals surface area contributed by atoms with Crippen molar-refractivity contribution in [2.45, 2.75) is 30.8 Å². The summed E-state index contributed by atoms with van der Waals surface area (Å²) < 4.78 is 1.95. The molecular weight excluding hydrogens is 356 g/mol. The standard InChI is InChI=1S/C21H24N4OS/c1-15-10-8-9-13-18(15)19-22-23-21(25(19)4)27-16(2)20(26)24(3)14-17-11-6-5-7-12-17/h5-13,16H,14H2,1-4H3/t16-/m0/s1. The molecule has 2 aromatic carbocycles. The summed E-state index contributed by atoms with van der Waals surface area (Å²) in [5, 5.41) is 9.14. The van der Waals surface area contributed by atoms with Crippen molar-refractivity contribution in [1.29, 1.82) is 0 Å². The third kappa shape index (κ3) is 4.39. The zero-order chi connectivity index (χ0) is 19.4. The molecule has 1 atom stereocenters. The van der Waals surface area contributed by atoms with Crippen molar-refractivity contribution >= 4 is 17.7 Å². The molecule has 3 rings (SSSR count). The molecule has 6 heteroatoms. The first-order chi connectivity index (χ1) is 13.0. The van der Waals surface area contributed by atoms with Gasteiger partial charge in [0.2, 0.25) is 5.91 Å². The van der Waals surface area contributed by atoms with Crippen LogP contribution in [0.1, 0.15) is 18.1 Å². The Bertz CT molecular complexity index is 923. The van der Waals surface area contributed by atoms with Crippen LogP contribution in [0.3, 0.4) is 0 Å². The summed E-state index contributed by atoms with van der Waals surface area (Å²) in [5.41, 5.74) is 3.32. The molecule has 27 heavy (non-hydrogen) atoms. The predicted molar refractivity (Wildman–Crippen MR) is 109 cm³/mol. The smallest absolute Gasteiger partial charge is 0.235 e. The highest BCUT2D eigenvalue weighted by molar-refractivity contribution is 8.00. The molecule has 140 valence electrons. The quantitative estimate of drug-likeness (QED) is 0.608. The summed E-state index contributed by atoms with van der Waals surface area (Å²) in [7, 11) is 3.77. The van der Waals surface area contributed by atoms with Crippen molar-refractivity contribution in [1.82, 2.24) is 19.7 Å². The van der Waals surface area contributed by atoms with Crippen LogP contribution in [0.4, 0.5) is 0 Å². The average Bonchev–Trinajstić information content (AvgIpc) is 3.02. The van der Waals surface area contributed by atoms with Gasteiger partial charge in [-0.1, -0.05) is 66.4 Å². The van der Waals surface area contributed by atoms with E-state index in [-0.39, 0.29) is 11.2 Å². The van der Waals surface area contributed by atoms with Gasteiger partial charge in [-0.15, -0.1) is 10.2 Å². The van der Waals surface area contributed by atoms with Gasteiger partial charge in [-0.25, -0.2) is 0 Å². The Labute approximate surface area is 164 Å². The van der Waals surface area contributed by atoms with E-state index in [1.54, 1.807) is 4.90 Å². The fraction of sp³-hybridized carbons (Fsp3) is 0.286. The first kappa shape index (κ1) is 19.2. The maximum absolute atomic E-state index is 12.7. The van der Waals surface area contributed by atoms with Crippen LogP contribution >= 0.6 is 11.8 Å². The number of carbonyl (C=O) groups is 1. The molecular formula is C21H24N4OS. The van der Waals surface area contributed by atoms with Gasteiger partial charge in [-0.2, -0.15) is 0 Å². The Hall–Kier alpha value is -2.60. The van der Waals surface area contributed by atoms with Gasteiger partial charge < -0.3 is 9.47 Å². The fourth-order valence-electron chi connectivity index (χ4n) is 2.93. The molecule has 0 saturated carbocycles. The second-order valence-electron chi connectivity index (χ2n) is 6.62. The Morgan fingerprint density at radius 2 is 1.78 bits per heavy atom. The minimum absolute atomic E-state index is 0.0734.